The van der Waals surface area contributed by atoms with E-state index in [1.165, 1.54) is 12.0 Å². The Morgan fingerprint density at radius 1 is 1.30 bits per heavy atom. The normalized spacial score (nSPS) is 16.1. The van der Waals surface area contributed by atoms with Crippen molar-refractivity contribution in [2.24, 2.45) is 0 Å². The van der Waals surface area contributed by atoms with Crippen molar-refractivity contribution in [3.05, 3.63) is 11.6 Å². The van der Waals surface area contributed by atoms with Gasteiger partial charge in [-0.15, -0.1) is 0 Å². The number of hydrogen-bond donors (Lipinski definition) is 3. The average molecular weight is 303 g/mol. The van der Waals surface area contributed by atoms with Gasteiger partial charge in [0.1, 0.15) is 0 Å². The molecule has 0 bridgehead atoms. The molecule has 116 valence electrons. The molecular formula is C13H25N3O3S. The summed E-state index contributed by atoms with van der Waals surface area (Å²) in [6.07, 6.45) is 6.98. The third-order valence-electron chi connectivity index (χ3n) is 2.90. The molecule has 1 aliphatic rings. The molecule has 0 unspecified atom stereocenters. The van der Waals surface area contributed by atoms with Gasteiger partial charge in [0, 0.05) is 25.6 Å². The van der Waals surface area contributed by atoms with Crippen molar-refractivity contribution in [1.82, 2.24) is 14.8 Å². The van der Waals surface area contributed by atoms with E-state index in [0.29, 0.717) is 13.0 Å². The van der Waals surface area contributed by atoms with E-state index in [-0.39, 0.29) is 18.5 Å². The molecule has 20 heavy (non-hydrogen) atoms. The summed E-state index contributed by atoms with van der Waals surface area (Å²) in [4.78, 5) is 11.7. The number of carbonyl (C=O) groups excluding carboxylic acids is 1. The molecule has 0 heterocycles. The maximum absolute atomic E-state index is 11.7. The smallest absolute Gasteiger partial charge is 0.277 e. The summed E-state index contributed by atoms with van der Waals surface area (Å²) in [5.74, 6) is -0.0471. The van der Waals surface area contributed by atoms with E-state index in [0.717, 1.165) is 19.3 Å². The van der Waals surface area contributed by atoms with Gasteiger partial charge in [-0.05, 0) is 39.5 Å². The van der Waals surface area contributed by atoms with Crippen LogP contribution in [0.25, 0.3) is 0 Å². The minimum absolute atomic E-state index is 0.0471. The van der Waals surface area contributed by atoms with E-state index in [1.807, 2.05) is 0 Å². The lowest BCUT2D eigenvalue weighted by Crippen LogP contribution is -2.43. The van der Waals surface area contributed by atoms with Crippen molar-refractivity contribution in [3.8, 4) is 0 Å². The molecule has 0 fully saturated rings. The number of amides is 1. The van der Waals surface area contributed by atoms with Crippen LogP contribution in [0.3, 0.4) is 0 Å². The molecule has 1 aliphatic carbocycles. The fraction of sp³-hybridized carbons (Fsp3) is 0.769. The number of hydrogen-bond acceptors (Lipinski definition) is 3. The van der Waals surface area contributed by atoms with Crippen LogP contribution in [0.5, 0.6) is 0 Å². The highest BCUT2D eigenvalue weighted by molar-refractivity contribution is 7.87. The van der Waals surface area contributed by atoms with E-state index in [4.69, 9.17) is 0 Å². The molecule has 0 atom stereocenters. The molecule has 0 aromatic heterocycles. The minimum Gasteiger partial charge on any atom is -0.355 e. The first kappa shape index (κ1) is 17.1. The molecule has 6 nitrogen and oxygen atoms in total. The van der Waals surface area contributed by atoms with Crippen molar-refractivity contribution in [3.63, 3.8) is 0 Å². The second-order valence-corrected chi connectivity index (χ2v) is 6.84. The lowest BCUT2D eigenvalue weighted by atomic mass is 9.97. The van der Waals surface area contributed by atoms with Crippen molar-refractivity contribution in [2.75, 3.05) is 13.1 Å². The van der Waals surface area contributed by atoms with Crippen molar-refractivity contribution >= 4 is 16.1 Å². The number of rotatable bonds is 8. The molecule has 0 saturated heterocycles. The Bertz CT molecular complexity index is 444. The van der Waals surface area contributed by atoms with Gasteiger partial charge < -0.3 is 5.32 Å². The molecule has 0 saturated carbocycles. The molecule has 1 rings (SSSR count). The van der Waals surface area contributed by atoms with E-state index >= 15 is 0 Å². The topological polar surface area (TPSA) is 87.3 Å². The number of nitrogens with one attached hydrogen (secondary N) is 3. The maximum Gasteiger partial charge on any atom is 0.277 e. The first-order valence-electron chi connectivity index (χ1n) is 7.10. The van der Waals surface area contributed by atoms with E-state index in [2.05, 4.69) is 20.8 Å². The van der Waals surface area contributed by atoms with Crippen molar-refractivity contribution < 1.29 is 13.2 Å². The summed E-state index contributed by atoms with van der Waals surface area (Å²) in [5.41, 5.74) is 1.19. The maximum atomic E-state index is 11.7. The highest BCUT2D eigenvalue weighted by atomic mass is 32.2. The average Bonchev–Trinajstić information content (AvgIpc) is 2.34. The highest BCUT2D eigenvalue weighted by Gasteiger charge is 2.11. The predicted molar refractivity (Wildman–Crippen MR) is 79.4 cm³/mol. The quantitative estimate of drug-likeness (QED) is 0.458. The van der Waals surface area contributed by atoms with Crippen LogP contribution in [0.4, 0.5) is 0 Å². The Morgan fingerprint density at radius 3 is 2.65 bits per heavy atom. The Hall–Kier alpha value is -0.920. The molecule has 0 aromatic carbocycles. The zero-order valence-corrected chi connectivity index (χ0v) is 13.1. The van der Waals surface area contributed by atoms with Crippen LogP contribution in [-0.4, -0.2) is 33.5 Å². The number of allylic oxidation sites excluding steroid dienone is 1. The molecular weight excluding hydrogens is 278 g/mol. The second kappa shape index (κ2) is 8.39. The molecule has 0 spiro atoms. The van der Waals surface area contributed by atoms with Gasteiger partial charge in [-0.2, -0.15) is 13.1 Å². The summed E-state index contributed by atoms with van der Waals surface area (Å²) in [6, 6.07) is -0.152. The summed E-state index contributed by atoms with van der Waals surface area (Å²) in [7, 11) is -3.47. The molecule has 0 radical (unpaired) electrons. The lowest BCUT2D eigenvalue weighted by molar-refractivity contribution is -0.120. The van der Waals surface area contributed by atoms with E-state index in [1.54, 1.807) is 13.8 Å². The van der Waals surface area contributed by atoms with Crippen molar-refractivity contribution in [2.45, 2.75) is 52.0 Å². The van der Waals surface area contributed by atoms with Crippen LogP contribution < -0.4 is 14.8 Å². The van der Waals surface area contributed by atoms with Crippen LogP contribution in [0.15, 0.2) is 11.6 Å². The van der Waals surface area contributed by atoms with Gasteiger partial charge in [-0.25, -0.2) is 4.72 Å². The predicted octanol–water partition coefficient (Wildman–Crippen LogP) is 0.825. The van der Waals surface area contributed by atoms with Gasteiger partial charge in [0.2, 0.25) is 5.91 Å². The third-order valence-corrected chi connectivity index (χ3v) is 4.27. The zero-order valence-electron chi connectivity index (χ0n) is 12.2. The van der Waals surface area contributed by atoms with Gasteiger partial charge in [0.15, 0.2) is 0 Å². The monoisotopic (exact) mass is 303 g/mol. The minimum atomic E-state index is -3.47. The third kappa shape index (κ3) is 7.62. The van der Waals surface area contributed by atoms with Crippen molar-refractivity contribution in [1.29, 1.82) is 0 Å². The SMILES string of the molecule is CC(C)NS(=O)(=O)NCCNC(=O)CC1=CCCCC1. The zero-order chi connectivity index (χ0) is 15.0. The Morgan fingerprint density at radius 2 is 2.05 bits per heavy atom. The molecule has 1 amide bonds. The molecule has 0 aliphatic heterocycles. The fourth-order valence-corrected chi connectivity index (χ4v) is 3.15. The molecule has 7 heteroatoms. The summed E-state index contributed by atoms with van der Waals surface area (Å²) in [5, 5.41) is 2.72. The van der Waals surface area contributed by atoms with E-state index in [9.17, 15) is 13.2 Å². The van der Waals surface area contributed by atoms with Gasteiger partial charge in [0.05, 0.1) is 0 Å². The highest BCUT2D eigenvalue weighted by Crippen LogP contribution is 2.19. The Balaban J connectivity index is 2.17. The first-order chi connectivity index (χ1) is 9.39. The first-order valence-corrected chi connectivity index (χ1v) is 8.59. The van der Waals surface area contributed by atoms with Crippen LogP contribution in [0, 0.1) is 0 Å². The van der Waals surface area contributed by atoms with E-state index < -0.39 is 10.2 Å². The molecule has 0 aromatic rings. The Kier molecular flexibility index (Phi) is 7.18. The van der Waals surface area contributed by atoms with Crippen LogP contribution >= 0.6 is 0 Å². The van der Waals surface area contributed by atoms with Gasteiger partial charge in [-0.1, -0.05) is 11.6 Å². The van der Waals surface area contributed by atoms with Crippen LogP contribution in [0.1, 0.15) is 46.0 Å². The summed E-state index contributed by atoms with van der Waals surface area (Å²) >= 11 is 0. The number of carbonyl (C=O) groups is 1. The largest absolute Gasteiger partial charge is 0.355 e. The Labute approximate surface area is 121 Å². The van der Waals surface area contributed by atoms with Gasteiger partial charge in [0.25, 0.3) is 10.2 Å². The van der Waals surface area contributed by atoms with Crippen LogP contribution in [0.2, 0.25) is 0 Å². The van der Waals surface area contributed by atoms with Gasteiger partial charge >= 0.3 is 0 Å². The summed E-state index contributed by atoms with van der Waals surface area (Å²) in [6.45, 7) is 3.98. The second-order valence-electron chi connectivity index (χ2n) is 5.31. The van der Waals surface area contributed by atoms with Gasteiger partial charge in [-0.3, -0.25) is 4.79 Å². The van der Waals surface area contributed by atoms with Crippen LogP contribution in [-0.2, 0) is 15.0 Å². The standard InChI is InChI=1S/C13H25N3O3S/c1-11(2)16-20(18,19)15-9-8-14-13(17)10-12-6-4-3-5-7-12/h6,11,15-16H,3-5,7-10H2,1-2H3,(H,14,17). The summed E-state index contributed by atoms with van der Waals surface area (Å²) < 4.78 is 27.7. The lowest BCUT2D eigenvalue weighted by Gasteiger charge is -2.13. The fourth-order valence-electron chi connectivity index (χ4n) is 2.07. The molecule has 3 N–H and O–H groups in total.